The van der Waals surface area contributed by atoms with Crippen molar-refractivity contribution in [1.29, 1.82) is 0 Å². The normalized spacial score (nSPS) is 11.7. The molecule has 0 aliphatic carbocycles. The molecule has 0 saturated carbocycles. The van der Waals surface area contributed by atoms with Gasteiger partial charge in [0, 0.05) is 39.8 Å². The maximum absolute atomic E-state index is 4.72. The number of nitrogens with one attached hydrogen (secondary N) is 1. The zero-order valence-corrected chi connectivity index (χ0v) is 14.7. The molecule has 26 heavy (non-hydrogen) atoms. The van der Waals surface area contributed by atoms with Crippen molar-refractivity contribution in [1.82, 2.24) is 9.97 Å². The third kappa shape index (κ3) is 2.61. The van der Waals surface area contributed by atoms with Gasteiger partial charge in [-0.25, -0.2) is 9.98 Å². The summed E-state index contributed by atoms with van der Waals surface area (Å²) >= 11 is 1.56. The Morgan fingerprint density at radius 2 is 1.69 bits per heavy atom. The molecule has 0 fully saturated rings. The summed E-state index contributed by atoms with van der Waals surface area (Å²) < 4.78 is 0. The number of H-pyrrole nitrogens is 1. The molecule has 3 nitrogen and oxygen atoms in total. The van der Waals surface area contributed by atoms with Gasteiger partial charge < -0.3 is 4.98 Å². The maximum Gasteiger partial charge on any atom is 0.209 e. The van der Waals surface area contributed by atoms with Crippen molar-refractivity contribution < 1.29 is 0 Å². The Labute approximate surface area is 154 Å². The van der Waals surface area contributed by atoms with E-state index in [9.17, 15) is 0 Å². The lowest BCUT2D eigenvalue weighted by molar-refractivity contribution is 1.36. The number of aliphatic imine (C=N–C) groups is 1. The molecule has 124 valence electrons. The van der Waals surface area contributed by atoms with E-state index in [-0.39, 0.29) is 0 Å². The van der Waals surface area contributed by atoms with Gasteiger partial charge in [0.2, 0.25) is 5.13 Å². The van der Waals surface area contributed by atoms with Crippen molar-refractivity contribution in [3.8, 4) is 11.3 Å². The molecule has 2 heterocycles. The standard InChI is InChI=1S/C22H15N3S/c1-2-8-17-15(6-1)7-5-10-19(17)21-14-26-22(25-21)24-13-16-12-23-20-11-4-3-9-18(16)20/h1-14,23H. The summed E-state index contributed by atoms with van der Waals surface area (Å²) in [6.07, 6.45) is 3.86. The Bertz CT molecular complexity index is 1240. The highest BCUT2D eigenvalue weighted by atomic mass is 32.1. The minimum absolute atomic E-state index is 0.762. The molecule has 2 aromatic heterocycles. The molecular formula is C22H15N3S. The van der Waals surface area contributed by atoms with Crippen molar-refractivity contribution in [2.24, 2.45) is 4.99 Å². The highest BCUT2D eigenvalue weighted by Gasteiger charge is 2.07. The van der Waals surface area contributed by atoms with Gasteiger partial charge in [-0.3, -0.25) is 0 Å². The lowest BCUT2D eigenvalue weighted by atomic mass is 10.0. The van der Waals surface area contributed by atoms with Crippen LogP contribution in [0.5, 0.6) is 0 Å². The molecule has 5 rings (SSSR count). The van der Waals surface area contributed by atoms with E-state index in [2.05, 4.69) is 70.0 Å². The highest BCUT2D eigenvalue weighted by molar-refractivity contribution is 7.13. The van der Waals surface area contributed by atoms with Gasteiger partial charge in [0.1, 0.15) is 0 Å². The second-order valence-electron chi connectivity index (χ2n) is 6.09. The average Bonchev–Trinajstić information content (AvgIpc) is 3.33. The fourth-order valence-electron chi connectivity index (χ4n) is 3.22. The second-order valence-corrected chi connectivity index (χ2v) is 6.93. The Morgan fingerprint density at radius 3 is 2.65 bits per heavy atom. The van der Waals surface area contributed by atoms with E-state index in [1.54, 1.807) is 11.3 Å². The van der Waals surface area contributed by atoms with E-state index in [1.807, 2.05) is 24.5 Å². The highest BCUT2D eigenvalue weighted by Crippen LogP contribution is 2.32. The number of aromatic amines is 1. The smallest absolute Gasteiger partial charge is 0.209 e. The quantitative estimate of drug-likeness (QED) is 0.386. The van der Waals surface area contributed by atoms with E-state index in [0.29, 0.717) is 0 Å². The van der Waals surface area contributed by atoms with Crippen molar-refractivity contribution in [3.63, 3.8) is 0 Å². The molecule has 0 amide bonds. The molecule has 4 heteroatoms. The lowest BCUT2D eigenvalue weighted by Crippen LogP contribution is -1.81. The molecule has 0 aliphatic rings. The first-order valence-electron chi connectivity index (χ1n) is 8.42. The number of nitrogens with zero attached hydrogens (tertiary/aromatic N) is 2. The number of para-hydroxylation sites is 1. The van der Waals surface area contributed by atoms with Gasteiger partial charge in [-0.05, 0) is 16.8 Å². The van der Waals surface area contributed by atoms with Gasteiger partial charge in [-0.15, -0.1) is 11.3 Å². The predicted molar refractivity (Wildman–Crippen MR) is 111 cm³/mol. The minimum atomic E-state index is 0.762. The number of benzene rings is 3. The Hall–Kier alpha value is -3.24. The van der Waals surface area contributed by atoms with Crippen LogP contribution in [0.4, 0.5) is 5.13 Å². The summed E-state index contributed by atoms with van der Waals surface area (Å²) in [5.41, 5.74) is 4.30. The van der Waals surface area contributed by atoms with Gasteiger partial charge in [0.25, 0.3) is 0 Å². The number of aromatic nitrogens is 2. The number of rotatable bonds is 3. The molecule has 0 unspecified atom stereocenters. The maximum atomic E-state index is 4.72. The number of fused-ring (bicyclic) bond motifs is 2. The molecule has 0 spiro atoms. The monoisotopic (exact) mass is 353 g/mol. The van der Waals surface area contributed by atoms with Gasteiger partial charge >= 0.3 is 0 Å². The van der Waals surface area contributed by atoms with E-state index in [0.717, 1.165) is 27.5 Å². The van der Waals surface area contributed by atoms with Crippen LogP contribution >= 0.6 is 11.3 Å². The molecule has 5 aromatic rings. The van der Waals surface area contributed by atoms with Gasteiger partial charge in [-0.2, -0.15) is 0 Å². The number of hydrogen-bond acceptors (Lipinski definition) is 3. The molecule has 0 aliphatic heterocycles. The van der Waals surface area contributed by atoms with Gasteiger partial charge in [-0.1, -0.05) is 60.7 Å². The zero-order valence-electron chi connectivity index (χ0n) is 13.9. The van der Waals surface area contributed by atoms with Crippen LogP contribution in [0.2, 0.25) is 0 Å². The topological polar surface area (TPSA) is 41.0 Å². The molecule has 0 atom stereocenters. The number of thiazole rings is 1. The van der Waals surface area contributed by atoms with E-state index < -0.39 is 0 Å². The van der Waals surface area contributed by atoms with Crippen molar-refractivity contribution >= 4 is 44.4 Å². The zero-order chi connectivity index (χ0) is 17.3. The minimum Gasteiger partial charge on any atom is -0.361 e. The summed E-state index contributed by atoms with van der Waals surface area (Å²) in [5, 5.41) is 6.44. The fourth-order valence-corrected chi connectivity index (χ4v) is 3.88. The average molecular weight is 353 g/mol. The molecule has 3 aromatic carbocycles. The van der Waals surface area contributed by atoms with Crippen molar-refractivity contribution in [2.75, 3.05) is 0 Å². The van der Waals surface area contributed by atoms with Crippen LogP contribution in [0.3, 0.4) is 0 Å². The van der Waals surface area contributed by atoms with Gasteiger partial charge in [0.05, 0.1) is 5.69 Å². The van der Waals surface area contributed by atoms with Crippen LogP contribution in [-0.2, 0) is 0 Å². The van der Waals surface area contributed by atoms with E-state index >= 15 is 0 Å². The summed E-state index contributed by atoms with van der Waals surface area (Å²) in [4.78, 5) is 12.6. The second kappa shape index (κ2) is 6.24. The lowest BCUT2D eigenvalue weighted by Gasteiger charge is -2.03. The van der Waals surface area contributed by atoms with Crippen LogP contribution in [0, 0.1) is 0 Å². The van der Waals surface area contributed by atoms with Crippen LogP contribution < -0.4 is 0 Å². The van der Waals surface area contributed by atoms with Crippen LogP contribution in [-0.4, -0.2) is 16.2 Å². The predicted octanol–water partition coefficient (Wildman–Crippen LogP) is 6.20. The van der Waals surface area contributed by atoms with Crippen molar-refractivity contribution in [2.45, 2.75) is 0 Å². The Kier molecular flexibility index (Phi) is 3.61. The summed E-state index contributed by atoms with van der Waals surface area (Å²) in [5.74, 6) is 0. The van der Waals surface area contributed by atoms with Crippen LogP contribution in [0.15, 0.2) is 83.3 Å². The summed E-state index contributed by atoms with van der Waals surface area (Å²) in [6.45, 7) is 0. The van der Waals surface area contributed by atoms with Gasteiger partial charge in [0.15, 0.2) is 0 Å². The van der Waals surface area contributed by atoms with Crippen LogP contribution in [0.1, 0.15) is 5.56 Å². The molecular weight excluding hydrogens is 338 g/mol. The summed E-state index contributed by atoms with van der Waals surface area (Å²) in [6, 6.07) is 22.9. The van der Waals surface area contributed by atoms with Crippen molar-refractivity contribution in [3.05, 3.63) is 83.9 Å². The molecule has 0 bridgehead atoms. The molecule has 0 radical (unpaired) electrons. The third-order valence-corrected chi connectivity index (χ3v) is 5.24. The van der Waals surface area contributed by atoms with E-state index in [4.69, 9.17) is 4.98 Å². The fraction of sp³-hybridized carbons (Fsp3) is 0. The Morgan fingerprint density at radius 1 is 0.885 bits per heavy atom. The Balaban J connectivity index is 1.50. The van der Waals surface area contributed by atoms with E-state index in [1.165, 1.54) is 16.2 Å². The van der Waals surface area contributed by atoms with Crippen LogP contribution in [0.25, 0.3) is 32.9 Å². The SMILES string of the molecule is C(=Nc1nc(-c2cccc3ccccc23)cs1)c1c[nH]c2ccccc12. The third-order valence-electron chi connectivity index (χ3n) is 4.49. The first kappa shape index (κ1) is 15.0. The largest absolute Gasteiger partial charge is 0.361 e. The molecule has 0 saturated heterocycles. The molecule has 1 N–H and O–H groups in total. The summed E-state index contributed by atoms with van der Waals surface area (Å²) in [7, 11) is 0. The first-order chi connectivity index (χ1) is 12.9. The first-order valence-corrected chi connectivity index (χ1v) is 9.30. The number of hydrogen-bond donors (Lipinski definition) is 1.